The van der Waals surface area contributed by atoms with Gasteiger partial charge in [0.1, 0.15) is 5.75 Å². The first kappa shape index (κ1) is 21.8. The number of ether oxygens (including phenoxy) is 1. The molecule has 0 spiro atoms. The molecule has 0 saturated carbocycles. The van der Waals surface area contributed by atoms with Gasteiger partial charge in [-0.3, -0.25) is 4.79 Å². The Morgan fingerprint density at radius 3 is 2.69 bits per heavy atom. The van der Waals surface area contributed by atoms with Crippen LogP contribution < -0.4 is 9.64 Å². The molecule has 1 aromatic carbocycles. The Hall–Kier alpha value is -3.42. The molecule has 3 heterocycles. The zero-order chi connectivity index (χ0) is 22.7. The van der Waals surface area contributed by atoms with Gasteiger partial charge >= 0.3 is 0 Å². The van der Waals surface area contributed by atoms with Crippen LogP contribution in [0.5, 0.6) is 5.75 Å². The predicted molar refractivity (Wildman–Crippen MR) is 122 cm³/mol. The van der Waals surface area contributed by atoms with E-state index in [-0.39, 0.29) is 11.9 Å². The number of amides is 1. The van der Waals surface area contributed by atoms with E-state index < -0.39 is 0 Å². The Morgan fingerprint density at radius 1 is 1.25 bits per heavy atom. The highest BCUT2D eigenvalue weighted by Gasteiger charge is 2.32. The molecule has 3 aromatic rings. The van der Waals surface area contributed by atoms with E-state index >= 15 is 0 Å². The number of hydrogen-bond acceptors (Lipinski definition) is 7. The van der Waals surface area contributed by atoms with Crippen molar-refractivity contribution < 1.29 is 14.1 Å². The number of rotatable bonds is 6. The largest absolute Gasteiger partial charge is 0.497 e. The molecular formula is C24H29N5O3. The van der Waals surface area contributed by atoms with Crippen LogP contribution in [0.25, 0.3) is 11.3 Å². The van der Waals surface area contributed by atoms with Crippen molar-refractivity contribution in [1.29, 1.82) is 0 Å². The van der Waals surface area contributed by atoms with E-state index in [9.17, 15) is 4.79 Å². The molecule has 1 saturated heterocycles. The van der Waals surface area contributed by atoms with Crippen LogP contribution >= 0.6 is 0 Å². The number of nitrogens with zero attached hydrogens (tertiary/aromatic N) is 5. The van der Waals surface area contributed by atoms with Gasteiger partial charge in [0, 0.05) is 32.9 Å². The van der Waals surface area contributed by atoms with Crippen LogP contribution in [-0.2, 0) is 11.2 Å². The third kappa shape index (κ3) is 4.59. The zero-order valence-corrected chi connectivity index (χ0v) is 19.0. The predicted octanol–water partition coefficient (Wildman–Crippen LogP) is 3.81. The van der Waals surface area contributed by atoms with Crippen molar-refractivity contribution in [2.24, 2.45) is 0 Å². The van der Waals surface area contributed by atoms with E-state index in [4.69, 9.17) is 14.2 Å². The van der Waals surface area contributed by atoms with Crippen LogP contribution in [0, 0.1) is 6.92 Å². The summed E-state index contributed by atoms with van der Waals surface area (Å²) in [6.07, 6.45) is 4.97. The molecule has 4 rings (SSSR count). The van der Waals surface area contributed by atoms with Gasteiger partial charge in [0.25, 0.3) is 0 Å². The Morgan fingerprint density at radius 2 is 2.03 bits per heavy atom. The van der Waals surface area contributed by atoms with E-state index in [0.717, 1.165) is 47.5 Å². The fourth-order valence-electron chi connectivity index (χ4n) is 4.07. The maximum absolute atomic E-state index is 13.4. The van der Waals surface area contributed by atoms with Gasteiger partial charge in [-0.2, -0.15) is 0 Å². The second-order valence-corrected chi connectivity index (χ2v) is 8.32. The maximum Gasteiger partial charge on any atom is 0.227 e. The molecule has 8 heteroatoms. The summed E-state index contributed by atoms with van der Waals surface area (Å²) in [7, 11) is 5.45. The maximum atomic E-state index is 13.4. The summed E-state index contributed by atoms with van der Waals surface area (Å²) in [5, 5.41) is 4.03. The molecule has 0 bridgehead atoms. The number of hydrogen-bond donors (Lipinski definition) is 0. The standard InChI is InChI=1S/C24H29N5O3/c1-16-13-21(32-27-16)19-15-25-24(28(2)3)26-23(19)20-7-5-6-12-29(20)22(30)14-17-8-10-18(31-4)11-9-17/h8-11,13,15,20H,5-7,12,14H2,1-4H3. The first-order valence-electron chi connectivity index (χ1n) is 10.9. The van der Waals surface area contributed by atoms with Gasteiger partial charge < -0.3 is 19.1 Å². The summed E-state index contributed by atoms with van der Waals surface area (Å²) in [5.74, 6) is 2.09. The quantitative estimate of drug-likeness (QED) is 0.582. The molecule has 0 aliphatic carbocycles. The molecule has 0 N–H and O–H groups in total. The molecule has 2 aromatic heterocycles. The molecule has 1 aliphatic heterocycles. The second kappa shape index (κ2) is 9.38. The highest BCUT2D eigenvalue weighted by molar-refractivity contribution is 5.80. The van der Waals surface area contributed by atoms with Crippen molar-refractivity contribution in [2.45, 2.75) is 38.6 Å². The molecule has 1 amide bonds. The van der Waals surface area contributed by atoms with Crippen LogP contribution in [0.15, 0.2) is 41.1 Å². The number of aryl methyl sites for hydroxylation is 1. The van der Waals surface area contributed by atoms with Crippen molar-refractivity contribution >= 4 is 11.9 Å². The van der Waals surface area contributed by atoms with E-state index in [1.807, 2.05) is 61.2 Å². The molecule has 1 atom stereocenters. The van der Waals surface area contributed by atoms with Gasteiger partial charge in [-0.25, -0.2) is 9.97 Å². The van der Waals surface area contributed by atoms with Crippen molar-refractivity contribution in [2.75, 3.05) is 32.6 Å². The summed E-state index contributed by atoms with van der Waals surface area (Å²) >= 11 is 0. The van der Waals surface area contributed by atoms with E-state index in [2.05, 4.69) is 10.1 Å². The number of aromatic nitrogens is 3. The molecule has 168 valence electrons. The van der Waals surface area contributed by atoms with Crippen LogP contribution in [0.2, 0.25) is 0 Å². The SMILES string of the molecule is COc1ccc(CC(=O)N2CCCCC2c2nc(N(C)C)ncc2-c2cc(C)no2)cc1. The van der Waals surface area contributed by atoms with Crippen LogP contribution in [-0.4, -0.2) is 53.7 Å². The Kier molecular flexibility index (Phi) is 6.39. The fourth-order valence-corrected chi connectivity index (χ4v) is 4.07. The minimum atomic E-state index is -0.142. The third-order valence-corrected chi connectivity index (χ3v) is 5.75. The lowest BCUT2D eigenvalue weighted by Crippen LogP contribution is -2.40. The second-order valence-electron chi connectivity index (χ2n) is 8.32. The Bertz CT molecular complexity index is 1080. The summed E-state index contributed by atoms with van der Waals surface area (Å²) in [6.45, 7) is 2.59. The molecular weight excluding hydrogens is 406 g/mol. The number of carbonyl (C=O) groups excluding carboxylic acids is 1. The smallest absolute Gasteiger partial charge is 0.227 e. The first-order chi connectivity index (χ1) is 15.5. The fraction of sp³-hybridized carbons (Fsp3) is 0.417. The Balaban J connectivity index is 1.67. The van der Waals surface area contributed by atoms with Gasteiger partial charge in [-0.1, -0.05) is 17.3 Å². The number of carbonyl (C=O) groups is 1. The molecule has 32 heavy (non-hydrogen) atoms. The lowest BCUT2D eigenvalue weighted by atomic mass is 9.94. The van der Waals surface area contributed by atoms with Gasteiger partial charge in [-0.05, 0) is 43.9 Å². The molecule has 1 unspecified atom stereocenters. The number of likely N-dealkylation sites (tertiary alicyclic amines) is 1. The summed E-state index contributed by atoms with van der Waals surface area (Å²) < 4.78 is 10.8. The lowest BCUT2D eigenvalue weighted by Gasteiger charge is -2.36. The van der Waals surface area contributed by atoms with Crippen molar-refractivity contribution in [3.8, 4) is 17.1 Å². The number of methoxy groups -OCH3 is 1. The third-order valence-electron chi connectivity index (χ3n) is 5.75. The van der Waals surface area contributed by atoms with Crippen molar-refractivity contribution in [3.05, 3.63) is 53.5 Å². The molecule has 8 nitrogen and oxygen atoms in total. The summed E-state index contributed by atoms with van der Waals surface area (Å²) in [5.41, 5.74) is 3.34. The normalized spacial score (nSPS) is 16.1. The minimum Gasteiger partial charge on any atom is -0.497 e. The van der Waals surface area contributed by atoms with E-state index in [1.165, 1.54) is 0 Å². The topological polar surface area (TPSA) is 84.6 Å². The zero-order valence-electron chi connectivity index (χ0n) is 19.0. The highest BCUT2D eigenvalue weighted by Crippen LogP contribution is 2.37. The average Bonchev–Trinajstić information content (AvgIpc) is 3.25. The number of anilines is 1. The molecule has 1 fully saturated rings. The number of benzene rings is 1. The van der Waals surface area contributed by atoms with Crippen molar-refractivity contribution in [1.82, 2.24) is 20.0 Å². The van der Waals surface area contributed by atoms with E-state index in [0.29, 0.717) is 24.7 Å². The Labute approximate surface area is 188 Å². The minimum absolute atomic E-state index is 0.0876. The van der Waals surface area contributed by atoms with Gasteiger partial charge in [-0.15, -0.1) is 0 Å². The van der Waals surface area contributed by atoms with Gasteiger partial charge in [0.2, 0.25) is 11.9 Å². The van der Waals surface area contributed by atoms with Gasteiger partial charge in [0.15, 0.2) is 5.76 Å². The lowest BCUT2D eigenvalue weighted by molar-refractivity contribution is -0.134. The summed E-state index contributed by atoms with van der Waals surface area (Å²) in [4.78, 5) is 26.6. The molecule has 0 radical (unpaired) electrons. The first-order valence-corrected chi connectivity index (χ1v) is 10.9. The number of piperidine rings is 1. The summed E-state index contributed by atoms with van der Waals surface area (Å²) in [6, 6.07) is 9.38. The monoisotopic (exact) mass is 435 g/mol. The van der Waals surface area contributed by atoms with Crippen molar-refractivity contribution in [3.63, 3.8) is 0 Å². The highest BCUT2D eigenvalue weighted by atomic mass is 16.5. The average molecular weight is 436 g/mol. The van der Waals surface area contributed by atoms with E-state index in [1.54, 1.807) is 13.3 Å². The van der Waals surface area contributed by atoms with Crippen LogP contribution in [0.4, 0.5) is 5.95 Å². The van der Waals surface area contributed by atoms with Crippen LogP contribution in [0.3, 0.4) is 0 Å². The molecule has 1 aliphatic rings. The van der Waals surface area contributed by atoms with Gasteiger partial charge in [0.05, 0.1) is 36.5 Å². The van der Waals surface area contributed by atoms with Crippen LogP contribution in [0.1, 0.15) is 42.3 Å².